The van der Waals surface area contributed by atoms with Crippen LogP contribution in [-0.4, -0.2) is 22.5 Å². The second kappa shape index (κ2) is 4.50. The van der Waals surface area contributed by atoms with Gasteiger partial charge in [-0.25, -0.2) is 0 Å². The summed E-state index contributed by atoms with van der Waals surface area (Å²) >= 11 is 0. The SMILES string of the molecule is CC[C@@H]1COP(=O)(O)[C@](C)(c2cccnc2)N1. The molecule has 1 aromatic heterocycles. The maximum Gasteiger partial charge on any atom is 0.352 e. The highest BCUT2D eigenvalue weighted by Crippen LogP contribution is 2.61. The molecule has 0 radical (unpaired) electrons. The van der Waals surface area contributed by atoms with Gasteiger partial charge in [0.2, 0.25) is 0 Å². The first kappa shape index (κ1) is 12.7. The van der Waals surface area contributed by atoms with Crippen molar-refractivity contribution in [3.63, 3.8) is 0 Å². The Morgan fingerprint density at radius 1 is 1.76 bits per heavy atom. The monoisotopic (exact) mass is 256 g/mol. The maximum atomic E-state index is 12.2. The van der Waals surface area contributed by atoms with Gasteiger partial charge in [0, 0.05) is 24.0 Å². The largest absolute Gasteiger partial charge is 0.352 e. The molecule has 3 atom stereocenters. The molecule has 0 spiro atoms. The Morgan fingerprint density at radius 3 is 3.12 bits per heavy atom. The van der Waals surface area contributed by atoms with Crippen molar-refractivity contribution in [2.24, 2.45) is 0 Å². The molecule has 1 saturated heterocycles. The van der Waals surface area contributed by atoms with Crippen molar-refractivity contribution < 1.29 is 14.0 Å². The van der Waals surface area contributed by atoms with E-state index in [9.17, 15) is 9.46 Å². The number of hydrogen-bond donors (Lipinski definition) is 2. The van der Waals surface area contributed by atoms with Crippen LogP contribution in [0.5, 0.6) is 0 Å². The van der Waals surface area contributed by atoms with Crippen molar-refractivity contribution in [1.29, 1.82) is 0 Å². The van der Waals surface area contributed by atoms with Crippen molar-refractivity contribution >= 4 is 7.60 Å². The normalized spacial score (nSPS) is 37.9. The predicted molar refractivity (Wildman–Crippen MR) is 64.6 cm³/mol. The van der Waals surface area contributed by atoms with Crippen molar-refractivity contribution in [3.8, 4) is 0 Å². The smallest absolute Gasteiger partial charge is 0.323 e. The Bertz CT molecular complexity index is 440. The standard InChI is InChI=1S/C11H17N2O3P/c1-3-10-8-16-17(14,15)11(2,13-10)9-5-4-6-12-7-9/h4-7,10,13H,3,8H2,1-2H3,(H,14,15)/t10-,11-/m1/s1. The highest BCUT2D eigenvalue weighted by atomic mass is 31.2. The van der Waals surface area contributed by atoms with Gasteiger partial charge in [0.05, 0.1) is 6.61 Å². The summed E-state index contributed by atoms with van der Waals surface area (Å²) in [5, 5.41) is 2.12. The third kappa shape index (κ3) is 2.16. The first-order valence-corrected chi connectivity index (χ1v) is 7.23. The van der Waals surface area contributed by atoms with Gasteiger partial charge in [-0.1, -0.05) is 13.0 Å². The average molecular weight is 256 g/mol. The minimum Gasteiger partial charge on any atom is -0.323 e. The van der Waals surface area contributed by atoms with Crippen molar-refractivity contribution in [2.45, 2.75) is 31.6 Å². The fourth-order valence-electron chi connectivity index (χ4n) is 1.96. The lowest BCUT2D eigenvalue weighted by Gasteiger charge is -2.42. The lowest BCUT2D eigenvalue weighted by Crippen LogP contribution is -2.51. The van der Waals surface area contributed by atoms with E-state index in [4.69, 9.17) is 4.52 Å². The number of hydrogen-bond acceptors (Lipinski definition) is 4. The lowest BCUT2D eigenvalue weighted by molar-refractivity contribution is 0.147. The van der Waals surface area contributed by atoms with Crippen molar-refractivity contribution in [1.82, 2.24) is 10.3 Å². The molecular weight excluding hydrogens is 239 g/mol. The molecule has 6 heteroatoms. The quantitative estimate of drug-likeness (QED) is 0.790. The molecule has 0 aromatic carbocycles. The molecule has 0 saturated carbocycles. The zero-order chi connectivity index (χ0) is 12.5. The van der Waals surface area contributed by atoms with Gasteiger partial charge in [-0.2, -0.15) is 0 Å². The number of rotatable bonds is 2. The van der Waals surface area contributed by atoms with Gasteiger partial charge in [0.25, 0.3) is 0 Å². The zero-order valence-electron chi connectivity index (χ0n) is 9.96. The van der Waals surface area contributed by atoms with E-state index in [0.717, 1.165) is 6.42 Å². The Morgan fingerprint density at radius 2 is 2.53 bits per heavy atom. The molecule has 2 rings (SSSR count). The summed E-state index contributed by atoms with van der Waals surface area (Å²) in [4.78, 5) is 14.0. The van der Waals surface area contributed by atoms with Crippen LogP contribution >= 0.6 is 7.60 Å². The Hall–Kier alpha value is -0.740. The van der Waals surface area contributed by atoms with Crippen molar-refractivity contribution in [2.75, 3.05) is 6.61 Å². The van der Waals surface area contributed by atoms with Gasteiger partial charge < -0.3 is 9.42 Å². The molecule has 0 bridgehead atoms. The van der Waals surface area contributed by atoms with Crippen LogP contribution in [0.25, 0.3) is 0 Å². The van der Waals surface area contributed by atoms with E-state index in [0.29, 0.717) is 5.56 Å². The molecule has 1 aliphatic heterocycles. The van der Waals surface area contributed by atoms with Crippen LogP contribution in [0.2, 0.25) is 0 Å². The van der Waals surface area contributed by atoms with Gasteiger partial charge in [0.15, 0.2) is 0 Å². The molecule has 0 amide bonds. The maximum absolute atomic E-state index is 12.2. The Labute approximate surface area is 101 Å². The van der Waals surface area contributed by atoms with Crippen LogP contribution in [0.4, 0.5) is 0 Å². The first-order valence-electron chi connectivity index (χ1n) is 5.65. The van der Waals surface area contributed by atoms with Crippen LogP contribution in [0, 0.1) is 0 Å². The molecule has 17 heavy (non-hydrogen) atoms. The second-order valence-electron chi connectivity index (χ2n) is 4.38. The molecule has 94 valence electrons. The minimum absolute atomic E-state index is 0.0782. The van der Waals surface area contributed by atoms with E-state index in [1.807, 2.05) is 6.92 Å². The minimum atomic E-state index is -3.73. The summed E-state index contributed by atoms with van der Waals surface area (Å²) in [7, 11) is -3.73. The zero-order valence-corrected chi connectivity index (χ0v) is 10.9. The topological polar surface area (TPSA) is 71.5 Å². The van der Waals surface area contributed by atoms with E-state index < -0.39 is 12.9 Å². The molecule has 1 fully saturated rings. The molecule has 2 heterocycles. The average Bonchev–Trinajstić information content (AvgIpc) is 2.34. The highest BCUT2D eigenvalue weighted by Gasteiger charge is 2.50. The fourth-order valence-corrected chi connectivity index (χ4v) is 3.40. The lowest BCUT2D eigenvalue weighted by atomic mass is 10.1. The van der Waals surface area contributed by atoms with E-state index >= 15 is 0 Å². The highest BCUT2D eigenvalue weighted by molar-refractivity contribution is 7.54. The number of nitrogens with one attached hydrogen (secondary N) is 1. The number of aromatic nitrogens is 1. The third-order valence-corrected chi connectivity index (χ3v) is 5.23. The molecule has 5 nitrogen and oxygen atoms in total. The van der Waals surface area contributed by atoms with E-state index in [-0.39, 0.29) is 12.6 Å². The van der Waals surface area contributed by atoms with Crippen LogP contribution in [0.15, 0.2) is 24.5 Å². The summed E-state index contributed by atoms with van der Waals surface area (Å²) < 4.78 is 17.4. The number of pyridine rings is 1. The van der Waals surface area contributed by atoms with Crippen LogP contribution in [0.1, 0.15) is 25.8 Å². The van der Waals surface area contributed by atoms with Gasteiger partial charge in [-0.3, -0.25) is 14.9 Å². The van der Waals surface area contributed by atoms with Crippen molar-refractivity contribution in [3.05, 3.63) is 30.1 Å². The third-order valence-electron chi connectivity index (χ3n) is 3.22. The Balaban J connectivity index is 2.41. The predicted octanol–water partition coefficient (Wildman–Crippen LogP) is 1.84. The molecule has 0 aliphatic carbocycles. The Kier molecular flexibility index (Phi) is 3.36. The second-order valence-corrected chi connectivity index (χ2v) is 6.57. The van der Waals surface area contributed by atoms with E-state index in [1.165, 1.54) is 0 Å². The van der Waals surface area contributed by atoms with Crippen LogP contribution in [-0.2, 0) is 14.4 Å². The fraction of sp³-hybridized carbons (Fsp3) is 0.545. The molecule has 2 N–H and O–H groups in total. The van der Waals surface area contributed by atoms with Gasteiger partial charge in [-0.15, -0.1) is 0 Å². The molecule has 1 unspecified atom stereocenters. The van der Waals surface area contributed by atoms with E-state index in [2.05, 4.69) is 10.3 Å². The molecule has 1 aliphatic rings. The summed E-state index contributed by atoms with van der Waals surface area (Å²) in [6.07, 6.45) is 4.07. The first-order chi connectivity index (χ1) is 7.99. The molecule has 1 aromatic rings. The summed E-state index contributed by atoms with van der Waals surface area (Å²) in [6, 6.07) is 3.61. The van der Waals surface area contributed by atoms with Gasteiger partial charge in [-0.05, 0) is 19.4 Å². The number of nitrogens with zero attached hydrogens (tertiary/aromatic N) is 1. The van der Waals surface area contributed by atoms with E-state index in [1.54, 1.807) is 31.5 Å². The summed E-state index contributed by atoms with van der Waals surface area (Å²) in [5.74, 6) is 0. The summed E-state index contributed by atoms with van der Waals surface area (Å²) in [6.45, 7) is 3.96. The van der Waals surface area contributed by atoms with Gasteiger partial charge in [0.1, 0.15) is 5.28 Å². The summed E-state index contributed by atoms with van der Waals surface area (Å²) in [5.41, 5.74) is 0.670. The molecular formula is C11H17N2O3P. The van der Waals surface area contributed by atoms with Crippen LogP contribution < -0.4 is 5.32 Å². The van der Waals surface area contributed by atoms with Crippen LogP contribution in [0.3, 0.4) is 0 Å². The van der Waals surface area contributed by atoms with Gasteiger partial charge >= 0.3 is 7.60 Å².